The maximum atomic E-state index is 8.68. The van der Waals surface area contributed by atoms with E-state index < -0.39 is 0 Å². The van der Waals surface area contributed by atoms with Gasteiger partial charge in [-0.1, -0.05) is 17.9 Å². The summed E-state index contributed by atoms with van der Waals surface area (Å²) >= 11 is 0. The minimum atomic E-state index is -0.155. The molecule has 2 aromatic rings. The number of hydrogen-bond donors (Lipinski definition) is 1. The normalized spacial score (nSPS) is 9.50. The van der Waals surface area contributed by atoms with Crippen LogP contribution in [0.25, 0.3) is 0 Å². The van der Waals surface area contributed by atoms with Gasteiger partial charge in [0.15, 0.2) is 0 Å². The van der Waals surface area contributed by atoms with Gasteiger partial charge in [0.1, 0.15) is 19.0 Å². The molecule has 0 radical (unpaired) electrons. The van der Waals surface area contributed by atoms with Crippen molar-refractivity contribution in [3.63, 3.8) is 0 Å². The molecular weight excluding hydrogens is 254 g/mol. The van der Waals surface area contributed by atoms with E-state index in [2.05, 4.69) is 16.8 Å². The van der Waals surface area contributed by atoms with Gasteiger partial charge in [-0.25, -0.2) is 4.98 Å². The fraction of sp³-hybridized carbons (Fsp3) is 0.188. The summed E-state index contributed by atoms with van der Waals surface area (Å²) in [5, 5.41) is 8.68. The lowest BCUT2D eigenvalue weighted by Crippen LogP contribution is -2.00. The van der Waals surface area contributed by atoms with Gasteiger partial charge < -0.3 is 14.6 Å². The summed E-state index contributed by atoms with van der Waals surface area (Å²) in [5.41, 5.74) is 1.68. The number of methoxy groups -OCH3 is 1. The summed E-state index contributed by atoms with van der Waals surface area (Å²) in [6, 6.07) is 11.1. The van der Waals surface area contributed by atoms with Crippen LogP contribution >= 0.6 is 0 Å². The van der Waals surface area contributed by atoms with Crippen LogP contribution in [0.4, 0.5) is 0 Å². The average Bonchev–Trinajstić information content (AvgIpc) is 2.51. The van der Waals surface area contributed by atoms with Crippen molar-refractivity contribution in [2.75, 3.05) is 13.7 Å². The molecule has 4 heteroatoms. The number of benzene rings is 1. The molecule has 0 aliphatic rings. The predicted molar refractivity (Wildman–Crippen MR) is 75.5 cm³/mol. The molecule has 0 aliphatic heterocycles. The Morgan fingerprint density at radius 1 is 1.25 bits per heavy atom. The van der Waals surface area contributed by atoms with Crippen molar-refractivity contribution in [2.45, 2.75) is 6.61 Å². The molecule has 1 aromatic carbocycles. The van der Waals surface area contributed by atoms with Crippen LogP contribution in [-0.4, -0.2) is 23.8 Å². The molecule has 2 rings (SSSR count). The van der Waals surface area contributed by atoms with Crippen molar-refractivity contribution < 1.29 is 14.6 Å². The van der Waals surface area contributed by atoms with Crippen LogP contribution in [-0.2, 0) is 6.61 Å². The molecule has 1 N–H and O–H groups in total. The Hall–Kier alpha value is -2.51. The first-order chi connectivity index (χ1) is 9.83. The van der Waals surface area contributed by atoms with Crippen molar-refractivity contribution >= 4 is 0 Å². The van der Waals surface area contributed by atoms with Crippen molar-refractivity contribution in [3.05, 3.63) is 53.7 Å². The number of hydrogen-bond acceptors (Lipinski definition) is 4. The summed E-state index contributed by atoms with van der Waals surface area (Å²) in [4.78, 5) is 4.12. The third kappa shape index (κ3) is 3.74. The van der Waals surface area contributed by atoms with E-state index in [1.807, 2.05) is 36.4 Å². The summed E-state index contributed by atoms with van der Waals surface area (Å²) < 4.78 is 10.9. The minimum Gasteiger partial charge on any atom is -0.489 e. The lowest BCUT2D eigenvalue weighted by molar-refractivity contribution is 0.294. The highest BCUT2D eigenvalue weighted by molar-refractivity contribution is 5.40. The number of pyridine rings is 1. The van der Waals surface area contributed by atoms with Gasteiger partial charge in [0.05, 0.1) is 12.7 Å². The van der Waals surface area contributed by atoms with E-state index >= 15 is 0 Å². The second kappa shape index (κ2) is 7.17. The molecule has 0 saturated carbocycles. The van der Waals surface area contributed by atoms with Gasteiger partial charge in [0.2, 0.25) is 5.88 Å². The lowest BCUT2D eigenvalue weighted by atomic mass is 10.2. The van der Waals surface area contributed by atoms with E-state index in [1.54, 1.807) is 13.3 Å². The van der Waals surface area contributed by atoms with Crippen LogP contribution in [0, 0.1) is 11.8 Å². The molecule has 102 valence electrons. The van der Waals surface area contributed by atoms with Crippen LogP contribution in [0.3, 0.4) is 0 Å². The zero-order valence-corrected chi connectivity index (χ0v) is 11.2. The van der Waals surface area contributed by atoms with Crippen LogP contribution in [0.15, 0.2) is 42.6 Å². The van der Waals surface area contributed by atoms with Gasteiger partial charge in [-0.15, -0.1) is 0 Å². The van der Waals surface area contributed by atoms with E-state index in [1.165, 1.54) is 0 Å². The first-order valence-corrected chi connectivity index (χ1v) is 6.14. The van der Waals surface area contributed by atoms with Gasteiger partial charge in [-0.2, -0.15) is 0 Å². The van der Waals surface area contributed by atoms with Gasteiger partial charge in [-0.05, 0) is 30.3 Å². The number of aliphatic hydroxyl groups excluding tert-OH is 1. The highest BCUT2D eigenvalue weighted by Gasteiger charge is 2.04. The first kappa shape index (κ1) is 13.9. The monoisotopic (exact) mass is 269 g/mol. The molecule has 0 aliphatic carbocycles. The molecule has 0 spiro atoms. The molecule has 1 aromatic heterocycles. The number of nitrogens with zero attached hydrogens (tertiary/aromatic N) is 1. The summed E-state index contributed by atoms with van der Waals surface area (Å²) in [6.07, 6.45) is 1.67. The molecule has 0 saturated heterocycles. The summed E-state index contributed by atoms with van der Waals surface area (Å²) in [6.45, 7) is 0.214. The topological polar surface area (TPSA) is 51.6 Å². The number of rotatable bonds is 4. The van der Waals surface area contributed by atoms with Crippen molar-refractivity contribution in [2.24, 2.45) is 0 Å². The molecule has 0 amide bonds. The highest BCUT2D eigenvalue weighted by atomic mass is 16.5. The van der Waals surface area contributed by atoms with E-state index in [0.717, 1.165) is 11.1 Å². The zero-order valence-electron chi connectivity index (χ0n) is 11.2. The fourth-order valence-electron chi connectivity index (χ4n) is 1.68. The molecule has 4 nitrogen and oxygen atoms in total. The van der Waals surface area contributed by atoms with Gasteiger partial charge in [-0.3, -0.25) is 0 Å². The van der Waals surface area contributed by atoms with Crippen LogP contribution < -0.4 is 9.47 Å². The largest absolute Gasteiger partial charge is 0.489 e. The second-order valence-electron chi connectivity index (χ2n) is 3.95. The average molecular weight is 269 g/mol. The van der Waals surface area contributed by atoms with Crippen LogP contribution in [0.1, 0.15) is 11.1 Å². The van der Waals surface area contributed by atoms with E-state index in [9.17, 15) is 0 Å². The Morgan fingerprint density at radius 2 is 2.15 bits per heavy atom. The third-order valence-electron chi connectivity index (χ3n) is 2.58. The van der Waals surface area contributed by atoms with Crippen LogP contribution in [0.5, 0.6) is 11.6 Å². The Labute approximate surface area is 118 Å². The number of aromatic nitrogens is 1. The number of ether oxygens (including phenoxy) is 2. The maximum Gasteiger partial charge on any atom is 0.219 e. The van der Waals surface area contributed by atoms with Gasteiger partial charge in [0.25, 0.3) is 0 Å². The Bertz CT molecular complexity index is 629. The quantitative estimate of drug-likeness (QED) is 0.863. The first-order valence-electron chi connectivity index (χ1n) is 6.14. The molecule has 20 heavy (non-hydrogen) atoms. The van der Waals surface area contributed by atoms with E-state index in [-0.39, 0.29) is 6.61 Å². The predicted octanol–water partition coefficient (Wildman–Crippen LogP) is 2.01. The SMILES string of the molecule is COc1ncccc1COc1cccc(C#CCO)c1. The molecule has 0 unspecified atom stereocenters. The van der Waals surface area contributed by atoms with E-state index in [0.29, 0.717) is 18.2 Å². The highest BCUT2D eigenvalue weighted by Crippen LogP contribution is 2.18. The third-order valence-corrected chi connectivity index (χ3v) is 2.58. The zero-order chi connectivity index (χ0) is 14.2. The molecule has 0 bridgehead atoms. The second-order valence-corrected chi connectivity index (χ2v) is 3.95. The number of aliphatic hydroxyl groups is 1. The lowest BCUT2D eigenvalue weighted by Gasteiger charge is -2.09. The molecular formula is C16H15NO3. The molecule has 0 fully saturated rings. The minimum absolute atomic E-state index is 0.155. The Balaban J connectivity index is 2.07. The Kier molecular flexibility index (Phi) is 4.99. The van der Waals surface area contributed by atoms with Crippen molar-refractivity contribution in [1.82, 2.24) is 4.98 Å². The maximum absolute atomic E-state index is 8.68. The fourth-order valence-corrected chi connectivity index (χ4v) is 1.68. The van der Waals surface area contributed by atoms with Gasteiger partial charge >= 0.3 is 0 Å². The molecule has 0 atom stereocenters. The standard InChI is InChI=1S/C16H15NO3/c1-19-16-14(7-3-9-17-16)12-20-15-8-2-5-13(11-15)6-4-10-18/h2-3,5,7-9,11,18H,10,12H2,1H3. The summed E-state index contributed by atoms with van der Waals surface area (Å²) in [7, 11) is 1.58. The van der Waals surface area contributed by atoms with Gasteiger partial charge in [0, 0.05) is 11.8 Å². The summed E-state index contributed by atoms with van der Waals surface area (Å²) in [5.74, 6) is 6.71. The molecule has 1 heterocycles. The van der Waals surface area contributed by atoms with Crippen molar-refractivity contribution in [3.8, 4) is 23.5 Å². The van der Waals surface area contributed by atoms with Crippen LogP contribution in [0.2, 0.25) is 0 Å². The van der Waals surface area contributed by atoms with Crippen molar-refractivity contribution in [1.29, 1.82) is 0 Å². The van der Waals surface area contributed by atoms with E-state index in [4.69, 9.17) is 14.6 Å². The Morgan fingerprint density at radius 3 is 2.95 bits per heavy atom. The smallest absolute Gasteiger partial charge is 0.219 e.